The van der Waals surface area contributed by atoms with Gasteiger partial charge >= 0.3 is 5.97 Å². The molecule has 1 aliphatic rings. The van der Waals surface area contributed by atoms with E-state index in [1.54, 1.807) is 25.6 Å². The van der Waals surface area contributed by atoms with Gasteiger partial charge in [-0.15, -0.1) is 0 Å². The SMILES string of the molecule is COC(=O)C(CCSC)NC(=O)C1CCN(S(=O)(=O)c2c(C)noc2C)CC1. The molecule has 0 bridgehead atoms. The molecule has 1 saturated heterocycles. The smallest absolute Gasteiger partial charge is 0.328 e. The van der Waals surface area contributed by atoms with Crippen molar-refractivity contribution in [3.63, 3.8) is 0 Å². The van der Waals surface area contributed by atoms with Crippen molar-refractivity contribution in [3.8, 4) is 0 Å². The van der Waals surface area contributed by atoms with Crippen LogP contribution in [0, 0.1) is 19.8 Å². The number of sulfonamides is 1. The predicted octanol–water partition coefficient (Wildman–Crippen LogP) is 1.10. The van der Waals surface area contributed by atoms with Crippen LogP contribution in [0.15, 0.2) is 9.42 Å². The van der Waals surface area contributed by atoms with E-state index in [4.69, 9.17) is 9.26 Å². The van der Waals surface area contributed by atoms with Crippen LogP contribution in [0.1, 0.15) is 30.7 Å². The fourth-order valence-electron chi connectivity index (χ4n) is 3.25. The Bertz CT molecular complexity index is 780. The highest BCUT2D eigenvalue weighted by Crippen LogP contribution is 2.27. The molecule has 2 heterocycles. The Kier molecular flexibility index (Phi) is 7.90. The third-order valence-electron chi connectivity index (χ3n) is 4.80. The van der Waals surface area contributed by atoms with Crippen LogP contribution in [0.2, 0.25) is 0 Å². The molecular formula is C17H27N3O6S2. The lowest BCUT2D eigenvalue weighted by Gasteiger charge is -2.31. The van der Waals surface area contributed by atoms with E-state index in [9.17, 15) is 18.0 Å². The Labute approximate surface area is 169 Å². The lowest BCUT2D eigenvalue weighted by atomic mass is 9.96. The predicted molar refractivity (Wildman–Crippen MR) is 104 cm³/mol. The van der Waals surface area contributed by atoms with Gasteiger partial charge in [0.15, 0.2) is 5.76 Å². The van der Waals surface area contributed by atoms with Gasteiger partial charge in [0.05, 0.1) is 7.11 Å². The van der Waals surface area contributed by atoms with Gasteiger partial charge in [0.2, 0.25) is 15.9 Å². The van der Waals surface area contributed by atoms with Crippen LogP contribution in [-0.2, 0) is 24.3 Å². The molecular weight excluding hydrogens is 406 g/mol. The molecule has 2 rings (SSSR count). The molecule has 1 aromatic rings. The van der Waals surface area contributed by atoms with Crippen LogP contribution in [-0.4, -0.2) is 68.0 Å². The number of hydrogen-bond donors (Lipinski definition) is 1. The summed E-state index contributed by atoms with van der Waals surface area (Å²) in [7, 11) is -2.42. The number of piperidine rings is 1. The number of esters is 1. The van der Waals surface area contributed by atoms with Crippen LogP contribution in [0.25, 0.3) is 0 Å². The molecule has 1 N–H and O–H groups in total. The molecule has 11 heteroatoms. The molecule has 0 spiro atoms. The fourth-order valence-corrected chi connectivity index (χ4v) is 5.48. The number of methoxy groups -OCH3 is 1. The average Bonchev–Trinajstić information content (AvgIpc) is 3.03. The van der Waals surface area contributed by atoms with Gasteiger partial charge in [-0.3, -0.25) is 4.79 Å². The maximum atomic E-state index is 12.9. The molecule has 158 valence electrons. The van der Waals surface area contributed by atoms with Crippen molar-refractivity contribution in [1.29, 1.82) is 0 Å². The summed E-state index contributed by atoms with van der Waals surface area (Å²) in [6, 6.07) is -0.686. The van der Waals surface area contributed by atoms with E-state index in [0.29, 0.717) is 30.7 Å². The maximum Gasteiger partial charge on any atom is 0.328 e. The van der Waals surface area contributed by atoms with Crippen molar-refractivity contribution in [2.24, 2.45) is 5.92 Å². The van der Waals surface area contributed by atoms with Crippen LogP contribution >= 0.6 is 11.8 Å². The zero-order valence-corrected chi connectivity index (χ0v) is 18.2. The number of carbonyl (C=O) groups is 2. The number of aryl methyl sites for hydroxylation is 2. The minimum Gasteiger partial charge on any atom is -0.467 e. The number of nitrogens with zero attached hydrogens (tertiary/aromatic N) is 2. The second-order valence-corrected chi connectivity index (χ2v) is 9.56. The summed E-state index contributed by atoms with van der Waals surface area (Å²) >= 11 is 1.58. The molecule has 1 aromatic heterocycles. The zero-order valence-electron chi connectivity index (χ0n) is 16.6. The number of hydrogen-bond acceptors (Lipinski definition) is 8. The van der Waals surface area contributed by atoms with E-state index in [1.807, 2.05) is 6.26 Å². The summed E-state index contributed by atoms with van der Waals surface area (Å²) in [5, 5.41) is 6.46. The van der Waals surface area contributed by atoms with Crippen LogP contribution in [0.4, 0.5) is 0 Å². The number of ether oxygens (including phenoxy) is 1. The first-order valence-corrected chi connectivity index (χ1v) is 11.9. The highest BCUT2D eigenvalue weighted by atomic mass is 32.2. The van der Waals surface area contributed by atoms with E-state index < -0.39 is 22.0 Å². The first-order valence-electron chi connectivity index (χ1n) is 9.02. The minimum absolute atomic E-state index is 0.0956. The van der Waals surface area contributed by atoms with Gasteiger partial charge in [-0.25, -0.2) is 13.2 Å². The largest absolute Gasteiger partial charge is 0.467 e. The summed E-state index contributed by atoms with van der Waals surface area (Å²) in [6.07, 6.45) is 3.17. The number of nitrogens with one attached hydrogen (secondary N) is 1. The van der Waals surface area contributed by atoms with Crippen LogP contribution < -0.4 is 5.32 Å². The molecule has 1 aliphatic heterocycles. The van der Waals surface area contributed by atoms with E-state index >= 15 is 0 Å². The number of aromatic nitrogens is 1. The Morgan fingerprint density at radius 3 is 2.50 bits per heavy atom. The van der Waals surface area contributed by atoms with Crippen LogP contribution in [0.5, 0.6) is 0 Å². The fraction of sp³-hybridized carbons (Fsp3) is 0.706. The van der Waals surface area contributed by atoms with Gasteiger partial charge in [-0.2, -0.15) is 16.1 Å². The number of carbonyl (C=O) groups excluding carboxylic acids is 2. The Balaban J connectivity index is 1.99. The second-order valence-electron chi connectivity index (χ2n) is 6.70. The molecule has 0 aliphatic carbocycles. The summed E-state index contributed by atoms with van der Waals surface area (Å²) in [5.74, 6) is -0.0925. The summed E-state index contributed by atoms with van der Waals surface area (Å²) in [6.45, 7) is 3.59. The molecule has 1 unspecified atom stereocenters. The maximum absolute atomic E-state index is 12.9. The highest BCUT2D eigenvalue weighted by molar-refractivity contribution is 7.98. The number of rotatable bonds is 8. The molecule has 0 aromatic carbocycles. The van der Waals surface area contributed by atoms with Crippen LogP contribution in [0.3, 0.4) is 0 Å². The van der Waals surface area contributed by atoms with Gasteiger partial charge < -0.3 is 14.6 Å². The molecule has 9 nitrogen and oxygen atoms in total. The number of thioether (sulfide) groups is 1. The van der Waals surface area contributed by atoms with Gasteiger partial charge in [0, 0.05) is 19.0 Å². The van der Waals surface area contributed by atoms with Crippen molar-refractivity contribution in [3.05, 3.63) is 11.5 Å². The lowest BCUT2D eigenvalue weighted by Crippen LogP contribution is -2.48. The Morgan fingerprint density at radius 1 is 1.36 bits per heavy atom. The number of amides is 1. The monoisotopic (exact) mass is 433 g/mol. The summed E-state index contributed by atoms with van der Waals surface area (Å²) < 4.78 is 36.8. The van der Waals surface area contributed by atoms with Gasteiger partial charge in [-0.1, -0.05) is 5.16 Å². The van der Waals surface area contributed by atoms with E-state index in [2.05, 4.69) is 10.5 Å². The molecule has 28 heavy (non-hydrogen) atoms. The highest BCUT2D eigenvalue weighted by Gasteiger charge is 2.36. The average molecular weight is 434 g/mol. The second kappa shape index (κ2) is 9.75. The van der Waals surface area contributed by atoms with E-state index in [0.717, 1.165) is 0 Å². The molecule has 0 saturated carbocycles. The van der Waals surface area contributed by atoms with E-state index in [1.165, 1.54) is 11.4 Å². The Hall–Kier alpha value is -1.59. The first kappa shape index (κ1) is 22.7. The van der Waals surface area contributed by atoms with Crippen molar-refractivity contribution in [2.75, 3.05) is 32.2 Å². The van der Waals surface area contributed by atoms with Crippen molar-refractivity contribution < 1.29 is 27.3 Å². The van der Waals surface area contributed by atoms with E-state index in [-0.39, 0.29) is 35.6 Å². The molecule has 0 radical (unpaired) electrons. The molecule has 1 amide bonds. The summed E-state index contributed by atoms with van der Waals surface area (Å²) in [4.78, 5) is 24.5. The van der Waals surface area contributed by atoms with Gasteiger partial charge in [0.1, 0.15) is 16.6 Å². The topological polar surface area (TPSA) is 119 Å². The zero-order chi connectivity index (χ0) is 20.9. The standard InChI is InChI=1S/C17H27N3O6S2/c1-11-15(12(2)26-19-11)28(23,24)20-8-5-13(6-9-20)16(21)18-14(7-10-27-4)17(22)25-3/h13-14H,5-10H2,1-4H3,(H,18,21). The van der Waals surface area contributed by atoms with Crippen molar-refractivity contribution in [2.45, 2.75) is 44.0 Å². The molecule has 1 atom stereocenters. The van der Waals surface area contributed by atoms with Crippen molar-refractivity contribution >= 4 is 33.7 Å². The quantitative estimate of drug-likeness (QED) is 0.606. The Morgan fingerprint density at radius 2 is 2.00 bits per heavy atom. The normalized spacial score (nSPS) is 17.3. The minimum atomic E-state index is -3.71. The third-order valence-corrected chi connectivity index (χ3v) is 7.59. The van der Waals surface area contributed by atoms with Gasteiger partial charge in [0.25, 0.3) is 0 Å². The summed E-state index contributed by atoms with van der Waals surface area (Å²) in [5.41, 5.74) is 0.326. The lowest BCUT2D eigenvalue weighted by molar-refractivity contribution is -0.145. The van der Waals surface area contributed by atoms with Gasteiger partial charge in [-0.05, 0) is 45.1 Å². The molecule has 1 fully saturated rings. The van der Waals surface area contributed by atoms with Crippen molar-refractivity contribution in [1.82, 2.24) is 14.8 Å². The first-order chi connectivity index (χ1) is 13.2. The third kappa shape index (κ3) is 5.06.